The Morgan fingerprint density at radius 3 is 0.462 bits per heavy atom. The molecule has 1 heteroatoms. The molecular formula is C38H30Ni. The topological polar surface area (TPSA) is 0 Å². The maximum atomic E-state index is 2.16. The van der Waals surface area contributed by atoms with Crippen LogP contribution in [-0.4, -0.2) is 0 Å². The summed E-state index contributed by atoms with van der Waals surface area (Å²) in [5.41, 5.74) is 7.50. The molecule has 192 valence electrons. The molecule has 0 atom stereocenters. The zero-order valence-electron chi connectivity index (χ0n) is 21.6. The predicted octanol–water partition coefficient (Wildman–Crippen LogP) is 9.41. The van der Waals surface area contributed by atoms with Gasteiger partial charge in [-0.3, -0.25) is 0 Å². The zero-order valence-corrected chi connectivity index (χ0v) is 22.6. The van der Waals surface area contributed by atoms with Crippen LogP contribution in [0.5, 0.6) is 0 Å². The van der Waals surface area contributed by atoms with Crippen LogP contribution in [0.25, 0.3) is 0 Å². The van der Waals surface area contributed by atoms with Gasteiger partial charge in [0.25, 0.3) is 0 Å². The minimum Gasteiger partial charge on any atom is -0.0999 e. The number of hydrogen-bond donors (Lipinski definition) is 0. The van der Waals surface area contributed by atoms with Crippen LogP contribution in [0.4, 0.5) is 0 Å². The summed E-state index contributed by atoms with van der Waals surface area (Å²) in [5, 5.41) is 0. The van der Waals surface area contributed by atoms with E-state index in [-0.39, 0.29) is 16.5 Å². The summed E-state index contributed by atoms with van der Waals surface area (Å²) >= 11 is 0. The maximum absolute atomic E-state index is 2.16. The standard InChI is InChI=1S/2C19H15.Ni/c2*1-4-10-16(11-5-1)19(17-12-6-2-7-13-17)18-14-8-3-9-15-18;/h2*1-15H;/q2*-1;+2. The minimum atomic E-state index is 0. The normalized spacial score (nSPS) is 9.85. The van der Waals surface area contributed by atoms with Crippen molar-refractivity contribution in [3.8, 4) is 0 Å². The van der Waals surface area contributed by atoms with E-state index < -0.39 is 0 Å². The summed E-state index contributed by atoms with van der Waals surface area (Å²) in [5.74, 6) is 2.56. The third kappa shape index (κ3) is 7.32. The Labute approximate surface area is 242 Å². The van der Waals surface area contributed by atoms with Crippen LogP contribution in [-0.2, 0) is 16.5 Å². The Morgan fingerprint density at radius 1 is 0.205 bits per heavy atom. The van der Waals surface area contributed by atoms with Gasteiger partial charge in [-0.15, -0.1) is 0 Å². The van der Waals surface area contributed by atoms with Gasteiger partial charge in [0.2, 0.25) is 0 Å². The van der Waals surface area contributed by atoms with Crippen molar-refractivity contribution in [2.75, 3.05) is 0 Å². The van der Waals surface area contributed by atoms with Gasteiger partial charge in [-0.1, -0.05) is 227 Å². The van der Waals surface area contributed by atoms with E-state index in [0.29, 0.717) is 0 Å². The molecule has 0 saturated carbocycles. The van der Waals surface area contributed by atoms with Gasteiger partial charge in [-0.25, -0.2) is 0 Å². The van der Waals surface area contributed by atoms with Gasteiger partial charge in [-0.2, -0.15) is 0 Å². The molecule has 0 saturated heterocycles. The van der Waals surface area contributed by atoms with Gasteiger partial charge >= 0.3 is 16.5 Å². The molecule has 0 N–H and O–H groups in total. The average Bonchev–Trinajstić information content (AvgIpc) is 3.01. The zero-order chi connectivity index (χ0) is 25.8. The van der Waals surface area contributed by atoms with Gasteiger partial charge in [-0.05, 0) is 0 Å². The third-order valence-corrected chi connectivity index (χ3v) is 6.37. The molecule has 0 bridgehead atoms. The summed E-state index contributed by atoms with van der Waals surface area (Å²) in [6.07, 6.45) is 0. The molecule has 6 aromatic rings. The second-order valence-electron chi connectivity index (χ2n) is 8.95. The van der Waals surface area contributed by atoms with E-state index in [1.54, 1.807) is 0 Å². The molecule has 0 fully saturated rings. The summed E-state index contributed by atoms with van der Waals surface area (Å²) < 4.78 is 0. The van der Waals surface area contributed by atoms with E-state index in [2.05, 4.69) is 182 Å². The van der Waals surface area contributed by atoms with Crippen molar-refractivity contribution in [1.29, 1.82) is 0 Å². The van der Waals surface area contributed by atoms with Crippen LogP contribution in [0.1, 0.15) is 33.4 Å². The Balaban J connectivity index is 0.000000176. The van der Waals surface area contributed by atoms with Crippen LogP contribution in [0.2, 0.25) is 0 Å². The summed E-state index contributed by atoms with van der Waals surface area (Å²) in [6.45, 7) is 0. The monoisotopic (exact) mass is 544 g/mol. The van der Waals surface area contributed by atoms with Crippen LogP contribution < -0.4 is 0 Å². The molecule has 0 amide bonds. The molecule has 0 aromatic heterocycles. The van der Waals surface area contributed by atoms with Gasteiger partial charge < -0.3 is 0 Å². The first-order valence-electron chi connectivity index (χ1n) is 13.0. The third-order valence-electron chi connectivity index (χ3n) is 6.37. The fourth-order valence-electron chi connectivity index (χ4n) is 4.63. The summed E-state index contributed by atoms with van der Waals surface area (Å²) in [7, 11) is 0. The van der Waals surface area contributed by atoms with Crippen molar-refractivity contribution in [1.82, 2.24) is 0 Å². The molecule has 0 aliphatic heterocycles. The van der Waals surface area contributed by atoms with Crippen molar-refractivity contribution >= 4 is 0 Å². The molecule has 0 spiro atoms. The van der Waals surface area contributed by atoms with Crippen LogP contribution in [0, 0.1) is 11.8 Å². The van der Waals surface area contributed by atoms with E-state index in [1.165, 1.54) is 45.2 Å². The summed E-state index contributed by atoms with van der Waals surface area (Å²) in [6, 6.07) is 63.3. The van der Waals surface area contributed by atoms with Gasteiger partial charge in [0.1, 0.15) is 0 Å². The minimum absolute atomic E-state index is 0. The van der Waals surface area contributed by atoms with Gasteiger partial charge in [0.05, 0.1) is 0 Å². The van der Waals surface area contributed by atoms with Crippen LogP contribution in [0.15, 0.2) is 182 Å². The van der Waals surface area contributed by atoms with Crippen molar-refractivity contribution in [3.05, 3.63) is 227 Å². The Kier molecular flexibility index (Phi) is 10.2. The van der Waals surface area contributed by atoms with Crippen LogP contribution in [0.3, 0.4) is 0 Å². The predicted molar refractivity (Wildman–Crippen MR) is 160 cm³/mol. The molecule has 0 nitrogen and oxygen atoms in total. The second-order valence-corrected chi connectivity index (χ2v) is 8.95. The van der Waals surface area contributed by atoms with Crippen molar-refractivity contribution in [2.45, 2.75) is 0 Å². The Bertz CT molecular complexity index is 1160. The molecule has 0 heterocycles. The first kappa shape index (κ1) is 27.6. The SMILES string of the molecule is [Ni+2].c1ccc([C-](c2ccccc2)c2ccccc2)cc1.c1ccc([C-](c2ccccc2)c2ccccc2)cc1. The Hall–Kier alpha value is -4.45. The van der Waals surface area contributed by atoms with Crippen molar-refractivity contribution < 1.29 is 16.5 Å². The first-order chi connectivity index (χ1) is 18.9. The average molecular weight is 545 g/mol. The molecule has 0 radical (unpaired) electrons. The second kappa shape index (κ2) is 14.5. The Morgan fingerprint density at radius 2 is 0.333 bits per heavy atom. The summed E-state index contributed by atoms with van der Waals surface area (Å²) in [4.78, 5) is 0. The molecular weight excluding hydrogens is 515 g/mol. The fourth-order valence-corrected chi connectivity index (χ4v) is 4.63. The smallest absolute Gasteiger partial charge is 0.0999 e. The van der Waals surface area contributed by atoms with E-state index in [1.807, 2.05) is 0 Å². The van der Waals surface area contributed by atoms with Crippen molar-refractivity contribution in [3.63, 3.8) is 0 Å². The maximum Gasteiger partial charge on any atom is 2.00 e. The molecule has 6 rings (SSSR count). The first-order valence-corrected chi connectivity index (χ1v) is 13.0. The van der Waals surface area contributed by atoms with Gasteiger partial charge in [0.15, 0.2) is 0 Å². The number of benzene rings is 6. The van der Waals surface area contributed by atoms with E-state index in [0.717, 1.165) is 0 Å². The van der Waals surface area contributed by atoms with Gasteiger partial charge in [0, 0.05) is 0 Å². The fraction of sp³-hybridized carbons (Fsp3) is 0. The van der Waals surface area contributed by atoms with E-state index in [4.69, 9.17) is 0 Å². The van der Waals surface area contributed by atoms with Crippen molar-refractivity contribution in [2.24, 2.45) is 0 Å². The quantitative estimate of drug-likeness (QED) is 0.111. The largest absolute Gasteiger partial charge is 2.00 e. The molecule has 39 heavy (non-hydrogen) atoms. The molecule has 0 aliphatic rings. The molecule has 0 aliphatic carbocycles. The molecule has 0 unspecified atom stereocenters. The van der Waals surface area contributed by atoms with Crippen LogP contribution >= 0.6 is 0 Å². The molecule has 6 aromatic carbocycles. The van der Waals surface area contributed by atoms with E-state index in [9.17, 15) is 0 Å². The van der Waals surface area contributed by atoms with E-state index >= 15 is 0 Å². The number of rotatable bonds is 6. The number of hydrogen-bond acceptors (Lipinski definition) is 0.